The van der Waals surface area contributed by atoms with E-state index < -0.39 is 34.2 Å². The molecule has 0 atom stereocenters. The predicted molar refractivity (Wildman–Crippen MR) is 105 cm³/mol. The van der Waals surface area contributed by atoms with Crippen LogP contribution in [0.3, 0.4) is 0 Å². The number of halogens is 3. The molecule has 0 aliphatic carbocycles. The van der Waals surface area contributed by atoms with Gasteiger partial charge >= 0.3 is 5.69 Å². The number of nitrogens with zero attached hydrogens (tertiary/aromatic N) is 5. The van der Waals surface area contributed by atoms with E-state index in [4.69, 9.17) is 10.00 Å². The van der Waals surface area contributed by atoms with E-state index in [1.165, 1.54) is 17.8 Å². The molecule has 0 saturated carbocycles. The fourth-order valence-electron chi connectivity index (χ4n) is 2.80. The highest BCUT2D eigenvalue weighted by atomic mass is 32.2. The van der Waals surface area contributed by atoms with Crippen LogP contribution in [0.5, 0.6) is 11.5 Å². The van der Waals surface area contributed by atoms with Crippen LogP contribution >= 0.6 is 11.8 Å². The molecule has 8 nitrogen and oxygen atoms in total. The maximum absolute atomic E-state index is 15.2. The van der Waals surface area contributed by atoms with Gasteiger partial charge < -0.3 is 9.30 Å². The number of rotatable bonds is 7. The Balaban J connectivity index is 2.06. The molecule has 0 unspecified atom stereocenters. The standard InChI is InChI=1S/C19H14F3N5O3S/c1-26-15(24-25-19(26)31-2)8-11-3-4-14(27(28)29)17(16(11)20)30-13-6-10(9-23)5-12(7-13)18(21)22/h3-7,18H,8H2,1-2H3. The Morgan fingerprint density at radius 2 is 2.06 bits per heavy atom. The third kappa shape index (κ3) is 4.61. The third-order valence-electron chi connectivity index (χ3n) is 4.34. The molecule has 0 spiro atoms. The Morgan fingerprint density at radius 3 is 2.65 bits per heavy atom. The van der Waals surface area contributed by atoms with Crippen LogP contribution in [0, 0.1) is 27.3 Å². The first-order valence-corrected chi connectivity index (χ1v) is 9.86. The van der Waals surface area contributed by atoms with E-state index >= 15 is 4.39 Å². The fraction of sp³-hybridized carbons (Fsp3) is 0.211. The molecule has 0 aliphatic rings. The zero-order valence-corrected chi connectivity index (χ0v) is 17.0. The van der Waals surface area contributed by atoms with Crippen molar-refractivity contribution < 1.29 is 22.8 Å². The van der Waals surface area contributed by atoms with Gasteiger partial charge in [0.1, 0.15) is 11.6 Å². The van der Waals surface area contributed by atoms with E-state index in [1.807, 2.05) is 0 Å². The summed E-state index contributed by atoms with van der Waals surface area (Å²) in [6.45, 7) is 0. The molecule has 0 N–H and O–H groups in total. The van der Waals surface area contributed by atoms with Gasteiger partial charge in [-0.25, -0.2) is 13.2 Å². The van der Waals surface area contributed by atoms with Crippen molar-refractivity contribution in [1.82, 2.24) is 14.8 Å². The Bertz CT molecular complexity index is 1190. The van der Waals surface area contributed by atoms with Crippen molar-refractivity contribution in [3.8, 4) is 17.6 Å². The number of nitro benzene ring substituents is 1. The molecule has 0 saturated heterocycles. The summed E-state index contributed by atoms with van der Waals surface area (Å²) < 4.78 is 48.4. The second-order valence-electron chi connectivity index (χ2n) is 6.29. The fourth-order valence-corrected chi connectivity index (χ4v) is 3.30. The van der Waals surface area contributed by atoms with Gasteiger partial charge in [-0.05, 0) is 36.1 Å². The lowest BCUT2D eigenvalue weighted by Gasteiger charge is -2.12. The maximum atomic E-state index is 15.2. The summed E-state index contributed by atoms with van der Waals surface area (Å²) in [4.78, 5) is 10.5. The number of alkyl halides is 2. The van der Waals surface area contributed by atoms with Crippen LogP contribution in [0.1, 0.15) is 28.9 Å². The van der Waals surface area contributed by atoms with Gasteiger partial charge in [0.2, 0.25) is 5.75 Å². The molecule has 3 rings (SSSR count). The molecule has 31 heavy (non-hydrogen) atoms. The van der Waals surface area contributed by atoms with Gasteiger partial charge in [0.25, 0.3) is 6.43 Å². The number of ether oxygens (including phenoxy) is 1. The molecular formula is C19H14F3N5O3S. The number of nitriles is 1. The summed E-state index contributed by atoms with van der Waals surface area (Å²) in [5.74, 6) is -1.69. The summed E-state index contributed by atoms with van der Waals surface area (Å²) in [5, 5.41) is 29.0. The van der Waals surface area contributed by atoms with Gasteiger partial charge in [-0.15, -0.1) is 10.2 Å². The SMILES string of the molecule is CSc1nnc(Cc2ccc([N+](=O)[O-])c(Oc3cc(C#N)cc(C(F)F)c3)c2F)n1C. The second-order valence-corrected chi connectivity index (χ2v) is 7.06. The monoisotopic (exact) mass is 449 g/mol. The summed E-state index contributed by atoms with van der Waals surface area (Å²) in [6.07, 6.45) is -1.15. The molecular weight excluding hydrogens is 435 g/mol. The van der Waals surface area contributed by atoms with Gasteiger partial charge in [0.05, 0.1) is 16.6 Å². The van der Waals surface area contributed by atoms with Crippen LogP contribution in [0.15, 0.2) is 35.5 Å². The van der Waals surface area contributed by atoms with Crippen molar-refractivity contribution in [3.63, 3.8) is 0 Å². The quantitative estimate of drug-likeness (QED) is 0.290. The van der Waals surface area contributed by atoms with Crippen molar-refractivity contribution in [2.75, 3.05) is 6.26 Å². The molecule has 0 bridgehead atoms. The number of benzene rings is 2. The summed E-state index contributed by atoms with van der Waals surface area (Å²) >= 11 is 1.34. The number of thioether (sulfide) groups is 1. The molecule has 0 aliphatic heterocycles. The first-order chi connectivity index (χ1) is 14.7. The van der Waals surface area contributed by atoms with Gasteiger partial charge in [0, 0.05) is 25.1 Å². The summed E-state index contributed by atoms with van der Waals surface area (Å²) in [7, 11) is 1.70. The van der Waals surface area contributed by atoms with Crippen LogP contribution in [-0.2, 0) is 13.5 Å². The largest absolute Gasteiger partial charge is 0.447 e. The minimum Gasteiger partial charge on any atom is -0.447 e. The highest BCUT2D eigenvalue weighted by molar-refractivity contribution is 7.98. The molecule has 0 radical (unpaired) electrons. The average molecular weight is 449 g/mol. The molecule has 3 aromatic rings. The van der Waals surface area contributed by atoms with Crippen LogP contribution in [0.4, 0.5) is 18.9 Å². The predicted octanol–water partition coefficient (Wildman–Crippen LogP) is 4.78. The maximum Gasteiger partial charge on any atom is 0.314 e. The van der Waals surface area contributed by atoms with E-state index in [0.717, 1.165) is 24.3 Å². The lowest BCUT2D eigenvalue weighted by atomic mass is 10.1. The van der Waals surface area contributed by atoms with Crippen molar-refractivity contribution in [3.05, 3.63) is 68.8 Å². The summed E-state index contributed by atoms with van der Waals surface area (Å²) in [5.41, 5.74) is -1.34. The Labute approximate surface area is 178 Å². The Kier molecular flexibility index (Phi) is 6.45. The smallest absolute Gasteiger partial charge is 0.314 e. The molecule has 2 aromatic carbocycles. The van der Waals surface area contributed by atoms with E-state index in [1.54, 1.807) is 23.9 Å². The van der Waals surface area contributed by atoms with Crippen LogP contribution < -0.4 is 4.74 Å². The molecule has 160 valence electrons. The number of nitro groups is 1. The minimum atomic E-state index is -2.91. The Hall–Kier alpha value is -3.59. The van der Waals surface area contributed by atoms with Gasteiger partial charge in [-0.1, -0.05) is 11.8 Å². The zero-order valence-electron chi connectivity index (χ0n) is 16.2. The van der Waals surface area contributed by atoms with Gasteiger partial charge in [-0.2, -0.15) is 5.26 Å². The lowest BCUT2D eigenvalue weighted by Crippen LogP contribution is -2.05. The molecule has 0 fully saturated rings. The van der Waals surface area contributed by atoms with E-state index in [2.05, 4.69) is 10.2 Å². The topological polar surface area (TPSA) is 107 Å². The van der Waals surface area contributed by atoms with Crippen LogP contribution in [-0.4, -0.2) is 25.9 Å². The highest BCUT2D eigenvalue weighted by Gasteiger charge is 2.25. The van der Waals surface area contributed by atoms with Crippen molar-refractivity contribution in [1.29, 1.82) is 5.26 Å². The van der Waals surface area contributed by atoms with Crippen molar-refractivity contribution in [2.24, 2.45) is 7.05 Å². The van der Waals surface area contributed by atoms with Crippen molar-refractivity contribution in [2.45, 2.75) is 18.0 Å². The van der Waals surface area contributed by atoms with Crippen molar-refractivity contribution >= 4 is 17.4 Å². The first kappa shape index (κ1) is 22.1. The molecule has 0 amide bonds. The normalized spacial score (nSPS) is 10.9. The highest BCUT2D eigenvalue weighted by Crippen LogP contribution is 2.37. The summed E-state index contributed by atoms with van der Waals surface area (Å²) in [6, 6.07) is 6.93. The number of aromatic nitrogens is 3. The minimum absolute atomic E-state index is 0.0364. The van der Waals surface area contributed by atoms with E-state index in [-0.39, 0.29) is 23.3 Å². The van der Waals surface area contributed by atoms with Gasteiger partial charge in [0.15, 0.2) is 11.0 Å². The van der Waals surface area contributed by atoms with Crippen LogP contribution in [0.2, 0.25) is 0 Å². The average Bonchev–Trinajstić information content (AvgIpc) is 3.09. The van der Waals surface area contributed by atoms with Gasteiger partial charge in [-0.3, -0.25) is 10.1 Å². The first-order valence-electron chi connectivity index (χ1n) is 8.64. The van der Waals surface area contributed by atoms with Crippen LogP contribution in [0.25, 0.3) is 0 Å². The third-order valence-corrected chi connectivity index (χ3v) is 5.06. The van der Waals surface area contributed by atoms with E-state index in [0.29, 0.717) is 11.0 Å². The lowest BCUT2D eigenvalue weighted by molar-refractivity contribution is -0.385. The zero-order chi connectivity index (χ0) is 22.7. The Morgan fingerprint density at radius 1 is 1.32 bits per heavy atom. The molecule has 1 heterocycles. The molecule has 1 aromatic heterocycles. The van der Waals surface area contributed by atoms with E-state index in [9.17, 15) is 18.9 Å². The number of hydrogen-bond donors (Lipinski definition) is 0. The molecule has 12 heteroatoms. The number of hydrogen-bond acceptors (Lipinski definition) is 7. The second kappa shape index (κ2) is 9.05.